The summed E-state index contributed by atoms with van der Waals surface area (Å²) in [7, 11) is 0. The maximum atomic E-state index is 5.84. The summed E-state index contributed by atoms with van der Waals surface area (Å²) in [6.45, 7) is 3.99. The smallest absolute Gasteiger partial charge is 0.0894 e. The maximum absolute atomic E-state index is 5.84. The van der Waals surface area contributed by atoms with E-state index in [2.05, 4.69) is 16.0 Å². The Kier molecular flexibility index (Phi) is 2.67. The molecule has 2 aromatic heterocycles. The maximum Gasteiger partial charge on any atom is 0.0894 e. The molecule has 0 radical (unpaired) electrons. The molecule has 19 heavy (non-hydrogen) atoms. The van der Waals surface area contributed by atoms with Gasteiger partial charge in [-0.15, -0.1) is 0 Å². The number of aryl methyl sites for hydroxylation is 2. The Hall–Kier alpha value is -2.42. The van der Waals surface area contributed by atoms with Crippen LogP contribution in [0.3, 0.4) is 0 Å². The predicted octanol–water partition coefficient (Wildman–Crippen LogP) is 3.50. The van der Waals surface area contributed by atoms with Crippen LogP contribution < -0.4 is 5.73 Å². The second-order valence-electron chi connectivity index (χ2n) is 4.76. The van der Waals surface area contributed by atoms with Crippen molar-refractivity contribution < 1.29 is 0 Å². The number of aromatic nitrogens is 2. The molecule has 1 aromatic carbocycles. The van der Waals surface area contributed by atoms with Gasteiger partial charge in [0.1, 0.15) is 0 Å². The minimum Gasteiger partial charge on any atom is -0.399 e. The number of nitrogen functional groups attached to an aromatic ring is 1. The van der Waals surface area contributed by atoms with Crippen LogP contribution in [0.15, 0.2) is 42.5 Å². The number of hydrogen-bond donors (Lipinski definition) is 1. The Morgan fingerprint density at radius 2 is 1.58 bits per heavy atom. The van der Waals surface area contributed by atoms with E-state index in [4.69, 9.17) is 5.73 Å². The van der Waals surface area contributed by atoms with Crippen LogP contribution in [0.4, 0.5) is 5.69 Å². The summed E-state index contributed by atoms with van der Waals surface area (Å²) in [6, 6.07) is 14.0. The van der Waals surface area contributed by atoms with Gasteiger partial charge >= 0.3 is 0 Å². The number of nitrogens with two attached hydrogens (primary N) is 1. The molecule has 0 unspecified atom stereocenters. The summed E-state index contributed by atoms with van der Waals surface area (Å²) in [5.74, 6) is 0. The number of fused-ring (bicyclic) bond motifs is 1. The molecule has 0 saturated carbocycles. The van der Waals surface area contributed by atoms with E-state index in [1.807, 2.05) is 50.2 Å². The Balaban J connectivity index is 2.14. The number of hydrogen-bond acceptors (Lipinski definition) is 3. The highest BCUT2D eigenvalue weighted by Gasteiger charge is 2.04. The van der Waals surface area contributed by atoms with Gasteiger partial charge in [-0.3, -0.25) is 4.98 Å². The van der Waals surface area contributed by atoms with Crippen molar-refractivity contribution in [1.82, 2.24) is 9.97 Å². The Morgan fingerprint density at radius 3 is 2.37 bits per heavy atom. The van der Waals surface area contributed by atoms with Gasteiger partial charge in [0.05, 0.1) is 16.7 Å². The first kappa shape index (κ1) is 11.7. The predicted molar refractivity (Wildman–Crippen MR) is 78.9 cm³/mol. The van der Waals surface area contributed by atoms with Gasteiger partial charge in [0.2, 0.25) is 0 Å². The Labute approximate surface area is 112 Å². The number of anilines is 1. The van der Waals surface area contributed by atoms with E-state index in [0.29, 0.717) is 0 Å². The van der Waals surface area contributed by atoms with E-state index in [1.165, 1.54) is 0 Å². The lowest BCUT2D eigenvalue weighted by Gasteiger charge is -2.06. The van der Waals surface area contributed by atoms with Crippen LogP contribution in [0, 0.1) is 13.8 Å². The number of benzene rings is 1. The van der Waals surface area contributed by atoms with Crippen LogP contribution in [0.2, 0.25) is 0 Å². The molecule has 3 nitrogen and oxygen atoms in total. The quantitative estimate of drug-likeness (QED) is 0.671. The number of rotatable bonds is 1. The first-order chi connectivity index (χ1) is 9.13. The van der Waals surface area contributed by atoms with Crippen molar-refractivity contribution in [2.45, 2.75) is 13.8 Å². The Morgan fingerprint density at radius 1 is 0.842 bits per heavy atom. The molecule has 0 aliphatic carbocycles. The van der Waals surface area contributed by atoms with E-state index in [0.717, 1.165) is 39.2 Å². The van der Waals surface area contributed by atoms with Crippen molar-refractivity contribution in [2.75, 3.05) is 5.73 Å². The van der Waals surface area contributed by atoms with Gasteiger partial charge < -0.3 is 5.73 Å². The molecular formula is C16H15N3. The summed E-state index contributed by atoms with van der Waals surface area (Å²) in [5, 5.41) is 0. The lowest BCUT2D eigenvalue weighted by Crippen LogP contribution is -1.92. The zero-order valence-corrected chi connectivity index (χ0v) is 11.0. The van der Waals surface area contributed by atoms with E-state index >= 15 is 0 Å². The van der Waals surface area contributed by atoms with Crippen LogP contribution in [0.1, 0.15) is 11.3 Å². The van der Waals surface area contributed by atoms with Gasteiger partial charge in [-0.2, -0.15) is 0 Å². The average molecular weight is 249 g/mol. The molecule has 3 aromatic rings. The van der Waals surface area contributed by atoms with Crippen molar-refractivity contribution in [2.24, 2.45) is 0 Å². The Bertz CT molecular complexity index is 763. The van der Waals surface area contributed by atoms with Crippen molar-refractivity contribution in [1.29, 1.82) is 0 Å². The van der Waals surface area contributed by atoms with Crippen LogP contribution in [-0.4, -0.2) is 9.97 Å². The standard InChI is InChI=1S/C16H15N3/c1-10-9-12(4-5-13(10)17)14-7-8-15-16(19-14)6-3-11(2)18-15/h3-9H,17H2,1-2H3. The third-order valence-electron chi connectivity index (χ3n) is 3.25. The van der Waals surface area contributed by atoms with Crippen molar-refractivity contribution >= 4 is 16.7 Å². The SMILES string of the molecule is Cc1ccc2nc(-c3ccc(N)c(C)c3)ccc2n1. The molecule has 2 N–H and O–H groups in total. The molecule has 0 amide bonds. The third-order valence-corrected chi connectivity index (χ3v) is 3.25. The molecule has 0 saturated heterocycles. The van der Waals surface area contributed by atoms with Gasteiger partial charge in [0.25, 0.3) is 0 Å². The minimum absolute atomic E-state index is 0.807. The highest BCUT2D eigenvalue weighted by molar-refractivity contribution is 5.78. The average Bonchev–Trinajstić information content (AvgIpc) is 2.41. The molecule has 3 heteroatoms. The molecule has 94 valence electrons. The van der Waals surface area contributed by atoms with Crippen molar-refractivity contribution in [3.05, 3.63) is 53.7 Å². The molecule has 0 bridgehead atoms. The zero-order chi connectivity index (χ0) is 13.4. The minimum atomic E-state index is 0.807. The topological polar surface area (TPSA) is 51.8 Å². The highest BCUT2D eigenvalue weighted by atomic mass is 14.8. The summed E-state index contributed by atoms with van der Waals surface area (Å²) in [4.78, 5) is 9.11. The third kappa shape index (κ3) is 2.15. The fourth-order valence-electron chi connectivity index (χ4n) is 2.11. The number of pyridine rings is 2. The summed E-state index contributed by atoms with van der Waals surface area (Å²) in [5.41, 5.74) is 12.6. The van der Waals surface area contributed by atoms with E-state index in [9.17, 15) is 0 Å². The van der Waals surface area contributed by atoms with Crippen molar-refractivity contribution in [3.8, 4) is 11.3 Å². The second kappa shape index (κ2) is 4.35. The molecule has 0 spiro atoms. The van der Waals surface area contributed by atoms with Crippen LogP contribution in [0.5, 0.6) is 0 Å². The molecular weight excluding hydrogens is 234 g/mol. The second-order valence-corrected chi connectivity index (χ2v) is 4.76. The lowest BCUT2D eigenvalue weighted by atomic mass is 10.1. The molecule has 3 rings (SSSR count). The molecule has 0 aliphatic rings. The fourth-order valence-corrected chi connectivity index (χ4v) is 2.11. The van der Waals surface area contributed by atoms with Gasteiger partial charge in [0.15, 0.2) is 0 Å². The van der Waals surface area contributed by atoms with Gasteiger partial charge in [0, 0.05) is 16.9 Å². The lowest BCUT2D eigenvalue weighted by molar-refractivity contribution is 1.24. The van der Waals surface area contributed by atoms with E-state index in [1.54, 1.807) is 0 Å². The van der Waals surface area contributed by atoms with E-state index in [-0.39, 0.29) is 0 Å². The fraction of sp³-hybridized carbons (Fsp3) is 0.125. The van der Waals surface area contributed by atoms with Gasteiger partial charge in [-0.1, -0.05) is 6.07 Å². The van der Waals surface area contributed by atoms with Crippen LogP contribution in [0.25, 0.3) is 22.3 Å². The number of nitrogens with zero attached hydrogens (tertiary/aromatic N) is 2. The molecule has 0 atom stereocenters. The largest absolute Gasteiger partial charge is 0.399 e. The monoisotopic (exact) mass is 249 g/mol. The molecule has 2 heterocycles. The van der Waals surface area contributed by atoms with Crippen LogP contribution in [-0.2, 0) is 0 Å². The van der Waals surface area contributed by atoms with E-state index < -0.39 is 0 Å². The zero-order valence-electron chi connectivity index (χ0n) is 11.0. The normalized spacial score (nSPS) is 10.8. The molecule has 0 fully saturated rings. The van der Waals surface area contributed by atoms with Gasteiger partial charge in [-0.25, -0.2) is 4.98 Å². The highest BCUT2D eigenvalue weighted by Crippen LogP contribution is 2.23. The van der Waals surface area contributed by atoms with Gasteiger partial charge in [-0.05, 0) is 55.8 Å². The van der Waals surface area contributed by atoms with Crippen LogP contribution >= 0.6 is 0 Å². The molecule has 0 aliphatic heterocycles. The summed E-state index contributed by atoms with van der Waals surface area (Å²) >= 11 is 0. The first-order valence-corrected chi connectivity index (χ1v) is 6.24. The summed E-state index contributed by atoms with van der Waals surface area (Å²) < 4.78 is 0. The first-order valence-electron chi connectivity index (χ1n) is 6.24. The van der Waals surface area contributed by atoms with Crippen molar-refractivity contribution in [3.63, 3.8) is 0 Å². The summed E-state index contributed by atoms with van der Waals surface area (Å²) in [6.07, 6.45) is 0.